The summed E-state index contributed by atoms with van der Waals surface area (Å²) in [5.74, 6) is -0.510. The number of carbonyl (C=O) groups excluding carboxylic acids is 1. The van der Waals surface area contributed by atoms with E-state index in [1.807, 2.05) is 0 Å². The number of hydrogen-bond donors (Lipinski definition) is 0. The van der Waals surface area contributed by atoms with Gasteiger partial charge in [0.1, 0.15) is 16.9 Å². The summed E-state index contributed by atoms with van der Waals surface area (Å²) in [7, 11) is -3.64. The minimum absolute atomic E-state index is 0.140. The van der Waals surface area contributed by atoms with Gasteiger partial charge in [-0.05, 0) is 45.7 Å². The van der Waals surface area contributed by atoms with Crippen LogP contribution in [0, 0.1) is 5.82 Å². The Labute approximate surface area is 158 Å². The molecule has 7 nitrogen and oxygen atoms in total. The maximum absolute atomic E-state index is 14.5. The third-order valence-corrected chi connectivity index (χ3v) is 5.39. The minimum Gasteiger partial charge on any atom is -0.444 e. The Kier molecular flexibility index (Phi) is 4.92. The van der Waals surface area contributed by atoms with E-state index in [2.05, 4.69) is 4.98 Å². The van der Waals surface area contributed by atoms with Crippen LogP contribution in [0.25, 0.3) is 11.0 Å². The number of likely N-dealkylation sites (tertiary alicyclic amines) is 1. The average Bonchev–Trinajstić information content (AvgIpc) is 2.94. The number of benzene rings is 1. The van der Waals surface area contributed by atoms with Crippen LogP contribution >= 0.6 is 0 Å². The smallest absolute Gasteiger partial charge is 0.410 e. The van der Waals surface area contributed by atoms with Crippen LogP contribution in [0.5, 0.6) is 0 Å². The summed E-state index contributed by atoms with van der Waals surface area (Å²) >= 11 is 0. The molecule has 1 amide bonds. The van der Waals surface area contributed by atoms with Gasteiger partial charge in [-0.2, -0.15) is 0 Å². The summed E-state index contributed by atoms with van der Waals surface area (Å²) < 4.78 is 45.7. The van der Waals surface area contributed by atoms with Crippen molar-refractivity contribution in [2.75, 3.05) is 19.3 Å². The van der Waals surface area contributed by atoms with E-state index in [1.54, 1.807) is 31.7 Å². The zero-order valence-electron chi connectivity index (χ0n) is 15.9. The summed E-state index contributed by atoms with van der Waals surface area (Å²) in [6, 6.07) is 4.13. The average molecular weight is 397 g/mol. The third-order valence-electron chi connectivity index (χ3n) is 4.44. The molecular formula is C18H24FN3O4S. The normalized spacial score (nSPS) is 16.7. The zero-order valence-corrected chi connectivity index (χ0v) is 16.7. The van der Waals surface area contributed by atoms with Gasteiger partial charge in [0, 0.05) is 25.4 Å². The molecule has 0 radical (unpaired) electrons. The number of imidazole rings is 1. The Morgan fingerprint density at radius 1 is 1.26 bits per heavy atom. The Bertz CT molecular complexity index is 970. The number of halogens is 1. The van der Waals surface area contributed by atoms with Crippen LogP contribution in [-0.2, 0) is 14.6 Å². The lowest BCUT2D eigenvalue weighted by atomic mass is 10.0. The number of aromatic nitrogens is 2. The Morgan fingerprint density at radius 2 is 1.89 bits per heavy atom. The quantitative estimate of drug-likeness (QED) is 0.778. The Hall–Kier alpha value is -2.16. The van der Waals surface area contributed by atoms with E-state index < -0.39 is 27.3 Å². The molecule has 148 valence electrons. The number of rotatable bonds is 2. The van der Waals surface area contributed by atoms with E-state index in [4.69, 9.17) is 4.74 Å². The van der Waals surface area contributed by atoms with Gasteiger partial charge in [-0.1, -0.05) is 6.07 Å². The van der Waals surface area contributed by atoms with Crippen LogP contribution in [0.2, 0.25) is 0 Å². The van der Waals surface area contributed by atoms with Crippen LogP contribution in [0.3, 0.4) is 0 Å². The number of carbonyl (C=O) groups is 1. The van der Waals surface area contributed by atoms with Gasteiger partial charge in [-0.3, -0.25) is 0 Å². The van der Waals surface area contributed by atoms with Crippen molar-refractivity contribution in [3.8, 4) is 0 Å². The lowest BCUT2D eigenvalue weighted by molar-refractivity contribution is 0.0187. The SMILES string of the molecule is CC(C)(C)OC(=O)N1CCC(n2c(S(C)(=O)=O)nc3cccc(F)c32)CC1. The van der Waals surface area contributed by atoms with E-state index in [-0.39, 0.29) is 16.7 Å². The number of piperidine rings is 1. The molecule has 27 heavy (non-hydrogen) atoms. The van der Waals surface area contributed by atoms with Crippen molar-refractivity contribution >= 4 is 27.0 Å². The van der Waals surface area contributed by atoms with Crippen LogP contribution in [-0.4, -0.2) is 53.9 Å². The molecule has 3 rings (SSSR count). The molecule has 0 bridgehead atoms. The fraction of sp³-hybridized carbons (Fsp3) is 0.556. The van der Waals surface area contributed by atoms with Crippen molar-refractivity contribution in [1.29, 1.82) is 0 Å². The number of ether oxygens (including phenoxy) is 1. The fourth-order valence-corrected chi connectivity index (χ4v) is 4.18. The highest BCUT2D eigenvalue weighted by Gasteiger charge is 2.32. The molecule has 1 aliphatic rings. The molecule has 1 aliphatic heterocycles. The molecule has 0 aliphatic carbocycles. The summed E-state index contributed by atoms with van der Waals surface area (Å²) in [4.78, 5) is 18.0. The van der Waals surface area contributed by atoms with Crippen LogP contribution < -0.4 is 0 Å². The molecule has 0 atom stereocenters. The largest absolute Gasteiger partial charge is 0.444 e. The number of amides is 1. The van der Waals surface area contributed by atoms with Gasteiger partial charge in [0.25, 0.3) is 0 Å². The monoisotopic (exact) mass is 397 g/mol. The lowest BCUT2D eigenvalue weighted by Gasteiger charge is -2.34. The van der Waals surface area contributed by atoms with Gasteiger partial charge in [-0.15, -0.1) is 0 Å². The van der Waals surface area contributed by atoms with E-state index in [9.17, 15) is 17.6 Å². The highest BCUT2D eigenvalue weighted by Crippen LogP contribution is 2.32. The highest BCUT2D eigenvalue weighted by atomic mass is 32.2. The van der Waals surface area contributed by atoms with Gasteiger partial charge in [0.2, 0.25) is 15.0 Å². The molecule has 0 unspecified atom stereocenters. The second-order valence-electron chi connectivity index (χ2n) is 7.84. The Balaban J connectivity index is 1.90. The van der Waals surface area contributed by atoms with Crippen LogP contribution in [0.15, 0.2) is 23.4 Å². The predicted molar refractivity (Wildman–Crippen MR) is 98.9 cm³/mol. The lowest BCUT2D eigenvalue weighted by Crippen LogP contribution is -2.42. The van der Waals surface area contributed by atoms with E-state index in [1.165, 1.54) is 16.7 Å². The predicted octanol–water partition coefficient (Wildman–Crippen LogP) is 3.15. The first-order chi connectivity index (χ1) is 12.5. The molecule has 9 heteroatoms. The molecule has 0 saturated carbocycles. The molecule has 1 fully saturated rings. The summed E-state index contributed by atoms with van der Waals surface area (Å²) in [5, 5.41) is -0.140. The van der Waals surface area contributed by atoms with Crippen molar-refractivity contribution in [1.82, 2.24) is 14.5 Å². The number of nitrogens with zero attached hydrogens (tertiary/aromatic N) is 3. The van der Waals surface area contributed by atoms with E-state index in [0.717, 1.165) is 6.26 Å². The number of sulfone groups is 1. The third kappa shape index (κ3) is 4.07. The molecule has 2 aromatic rings. The maximum atomic E-state index is 14.5. The van der Waals surface area contributed by atoms with Gasteiger partial charge in [0.05, 0.1) is 5.52 Å². The van der Waals surface area contributed by atoms with Crippen LogP contribution in [0.1, 0.15) is 39.7 Å². The van der Waals surface area contributed by atoms with Crippen molar-refractivity contribution in [2.45, 2.75) is 50.4 Å². The number of fused-ring (bicyclic) bond motifs is 1. The Morgan fingerprint density at radius 3 is 2.44 bits per heavy atom. The second-order valence-corrected chi connectivity index (χ2v) is 9.75. The van der Waals surface area contributed by atoms with Crippen molar-refractivity contribution < 1.29 is 22.3 Å². The van der Waals surface area contributed by atoms with Crippen LogP contribution in [0.4, 0.5) is 9.18 Å². The molecular weight excluding hydrogens is 373 g/mol. The summed E-state index contributed by atoms with van der Waals surface area (Å²) in [6.45, 7) is 6.21. The topological polar surface area (TPSA) is 81.5 Å². The van der Waals surface area contributed by atoms with Crippen molar-refractivity contribution in [3.05, 3.63) is 24.0 Å². The summed E-state index contributed by atoms with van der Waals surface area (Å²) in [6.07, 6.45) is 1.65. The van der Waals surface area contributed by atoms with Crippen molar-refractivity contribution in [3.63, 3.8) is 0 Å². The van der Waals surface area contributed by atoms with Gasteiger partial charge in [0.15, 0.2) is 0 Å². The number of hydrogen-bond acceptors (Lipinski definition) is 5. The molecule has 1 saturated heterocycles. The highest BCUT2D eigenvalue weighted by molar-refractivity contribution is 7.90. The molecule has 2 heterocycles. The van der Waals surface area contributed by atoms with E-state index >= 15 is 0 Å². The molecule has 1 aromatic heterocycles. The van der Waals surface area contributed by atoms with Crippen molar-refractivity contribution in [2.24, 2.45) is 0 Å². The molecule has 0 spiro atoms. The molecule has 0 N–H and O–H groups in total. The minimum atomic E-state index is -3.64. The van der Waals surface area contributed by atoms with Gasteiger partial charge in [-0.25, -0.2) is 22.6 Å². The second kappa shape index (κ2) is 6.78. The first kappa shape index (κ1) is 19.6. The van der Waals surface area contributed by atoms with Gasteiger partial charge < -0.3 is 14.2 Å². The zero-order chi connectivity index (χ0) is 20.0. The van der Waals surface area contributed by atoms with Gasteiger partial charge >= 0.3 is 6.09 Å². The number of para-hydroxylation sites is 1. The maximum Gasteiger partial charge on any atom is 0.410 e. The fourth-order valence-electron chi connectivity index (χ4n) is 3.32. The first-order valence-electron chi connectivity index (χ1n) is 8.82. The standard InChI is InChI=1S/C18H24FN3O4S/c1-18(2,3)26-17(23)21-10-8-12(9-11-21)22-15-13(19)6-5-7-14(15)20-16(22)27(4,24)25/h5-7,12H,8-11H2,1-4H3. The first-order valence-corrected chi connectivity index (χ1v) is 10.7. The summed E-state index contributed by atoms with van der Waals surface area (Å²) in [5.41, 5.74) is -0.0835. The van der Waals surface area contributed by atoms with E-state index in [0.29, 0.717) is 31.4 Å². The molecule has 1 aromatic carbocycles.